The van der Waals surface area contributed by atoms with Gasteiger partial charge in [-0.25, -0.2) is 0 Å². The van der Waals surface area contributed by atoms with E-state index in [-0.39, 0.29) is 12.0 Å². The van der Waals surface area contributed by atoms with Crippen molar-refractivity contribution in [3.63, 3.8) is 0 Å². The molecule has 6 nitrogen and oxygen atoms in total. The lowest BCUT2D eigenvalue weighted by molar-refractivity contribution is -0.129. The van der Waals surface area contributed by atoms with Crippen molar-refractivity contribution in [2.75, 3.05) is 19.7 Å². The molecule has 1 aliphatic heterocycles. The van der Waals surface area contributed by atoms with Gasteiger partial charge in [-0.3, -0.25) is 4.79 Å². The van der Waals surface area contributed by atoms with Gasteiger partial charge in [0.15, 0.2) is 0 Å². The van der Waals surface area contributed by atoms with Crippen LogP contribution in [0.4, 0.5) is 0 Å². The molecule has 1 saturated heterocycles. The first-order valence-corrected chi connectivity index (χ1v) is 8.60. The fraction of sp³-hybridized carbons (Fsp3) is 0.421. The molecule has 1 amide bonds. The van der Waals surface area contributed by atoms with Gasteiger partial charge < -0.3 is 14.4 Å². The number of carbonyl (C=O) groups is 1. The molecule has 0 bridgehead atoms. The summed E-state index contributed by atoms with van der Waals surface area (Å²) in [6, 6.07) is 11.4. The third-order valence-electron chi connectivity index (χ3n) is 4.15. The zero-order chi connectivity index (χ0) is 17.6. The Kier molecular flexibility index (Phi) is 5.48. The minimum absolute atomic E-state index is 0.0266. The van der Waals surface area contributed by atoms with Crippen LogP contribution in [0.5, 0.6) is 11.6 Å². The van der Waals surface area contributed by atoms with Crippen LogP contribution in [0.2, 0.25) is 0 Å². The first kappa shape index (κ1) is 17.2. The molecule has 1 fully saturated rings. The van der Waals surface area contributed by atoms with E-state index in [1.807, 2.05) is 55.1 Å². The molecule has 132 valence electrons. The van der Waals surface area contributed by atoms with E-state index in [1.165, 1.54) is 0 Å². The van der Waals surface area contributed by atoms with Crippen LogP contribution in [0.1, 0.15) is 24.6 Å². The second-order valence-corrected chi connectivity index (χ2v) is 6.13. The van der Waals surface area contributed by atoms with E-state index >= 15 is 0 Å². The molecular formula is C19H23N3O3. The molecule has 1 atom stereocenters. The summed E-state index contributed by atoms with van der Waals surface area (Å²) in [4.78, 5) is 14.3. The van der Waals surface area contributed by atoms with Crippen molar-refractivity contribution in [2.45, 2.75) is 32.8 Å². The fourth-order valence-electron chi connectivity index (χ4n) is 2.83. The minimum Gasteiger partial charge on any atom is -0.494 e. The molecule has 3 rings (SSSR count). The maximum atomic E-state index is 12.5. The number of likely N-dealkylation sites (tertiary alicyclic amines) is 1. The van der Waals surface area contributed by atoms with E-state index in [0.717, 1.165) is 23.4 Å². The lowest BCUT2D eigenvalue weighted by atomic mass is 10.1. The standard InChI is InChI=1S/C19H23N3O3/c1-3-24-16-7-5-15(6-8-16)12-19(23)22-11-10-17(13-22)25-18-9-4-14(2)20-21-18/h4-9,17H,3,10-13H2,1-2H3. The van der Waals surface area contributed by atoms with Crippen LogP contribution in [-0.4, -0.2) is 46.8 Å². The summed E-state index contributed by atoms with van der Waals surface area (Å²) in [5.74, 6) is 1.45. The maximum Gasteiger partial charge on any atom is 0.233 e. The van der Waals surface area contributed by atoms with Gasteiger partial charge in [-0.1, -0.05) is 12.1 Å². The second-order valence-electron chi connectivity index (χ2n) is 6.13. The number of hydrogen-bond donors (Lipinski definition) is 0. The topological polar surface area (TPSA) is 64.5 Å². The van der Waals surface area contributed by atoms with Gasteiger partial charge in [0.05, 0.1) is 25.3 Å². The van der Waals surface area contributed by atoms with Gasteiger partial charge in [0.1, 0.15) is 11.9 Å². The Bertz CT molecular complexity index is 701. The molecule has 0 aliphatic carbocycles. The number of nitrogens with zero attached hydrogens (tertiary/aromatic N) is 3. The van der Waals surface area contributed by atoms with Crippen molar-refractivity contribution >= 4 is 5.91 Å². The highest BCUT2D eigenvalue weighted by molar-refractivity contribution is 5.79. The number of aryl methyl sites for hydroxylation is 1. The Morgan fingerprint density at radius 1 is 1.20 bits per heavy atom. The number of rotatable bonds is 6. The second kappa shape index (κ2) is 7.96. The smallest absolute Gasteiger partial charge is 0.233 e. The molecule has 1 aliphatic rings. The van der Waals surface area contributed by atoms with Crippen LogP contribution >= 0.6 is 0 Å². The lowest BCUT2D eigenvalue weighted by Gasteiger charge is -2.17. The van der Waals surface area contributed by atoms with Crippen molar-refractivity contribution in [1.82, 2.24) is 15.1 Å². The van der Waals surface area contributed by atoms with E-state index in [2.05, 4.69) is 10.2 Å². The maximum absolute atomic E-state index is 12.5. The highest BCUT2D eigenvalue weighted by Crippen LogP contribution is 2.18. The Morgan fingerprint density at radius 2 is 2.00 bits per heavy atom. The van der Waals surface area contributed by atoms with Crippen molar-refractivity contribution in [3.05, 3.63) is 47.7 Å². The van der Waals surface area contributed by atoms with Gasteiger partial charge in [0.2, 0.25) is 11.8 Å². The van der Waals surface area contributed by atoms with E-state index in [9.17, 15) is 4.79 Å². The predicted molar refractivity (Wildman–Crippen MR) is 93.7 cm³/mol. The van der Waals surface area contributed by atoms with Crippen molar-refractivity contribution < 1.29 is 14.3 Å². The number of ether oxygens (including phenoxy) is 2. The lowest BCUT2D eigenvalue weighted by Crippen LogP contribution is -2.32. The highest BCUT2D eigenvalue weighted by atomic mass is 16.5. The first-order chi connectivity index (χ1) is 12.1. The summed E-state index contributed by atoms with van der Waals surface area (Å²) < 4.78 is 11.2. The molecule has 25 heavy (non-hydrogen) atoms. The molecule has 0 N–H and O–H groups in total. The summed E-state index contributed by atoms with van der Waals surface area (Å²) in [6.07, 6.45) is 1.18. The largest absolute Gasteiger partial charge is 0.494 e. The van der Waals surface area contributed by atoms with Crippen molar-refractivity contribution in [1.29, 1.82) is 0 Å². The quantitative estimate of drug-likeness (QED) is 0.807. The van der Waals surface area contributed by atoms with E-state index < -0.39 is 0 Å². The minimum atomic E-state index is -0.0266. The molecule has 0 spiro atoms. The van der Waals surface area contributed by atoms with Gasteiger partial charge >= 0.3 is 0 Å². The van der Waals surface area contributed by atoms with E-state index in [1.54, 1.807) is 0 Å². The summed E-state index contributed by atoms with van der Waals surface area (Å²) in [5, 5.41) is 8.00. The van der Waals surface area contributed by atoms with Crippen LogP contribution in [-0.2, 0) is 11.2 Å². The van der Waals surface area contributed by atoms with E-state index in [4.69, 9.17) is 9.47 Å². The summed E-state index contributed by atoms with van der Waals surface area (Å²) in [5.41, 5.74) is 1.84. The average molecular weight is 341 g/mol. The average Bonchev–Trinajstić information content (AvgIpc) is 3.08. The van der Waals surface area contributed by atoms with Gasteiger partial charge in [-0.2, -0.15) is 5.10 Å². The molecule has 2 heterocycles. The molecule has 2 aromatic rings. The highest BCUT2D eigenvalue weighted by Gasteiger charge is 2.27. The first-order valence-electron chi connectivity index (χ1n) is 8.60. The number of carbonyl (C=O) groups excluding carboxylic acids is 1. The number of hydrogen-bond acceptors (Lipinski definition) is 5. The Morgan fingerprint density at radius 3 is 2.68 bits per heavy atom. The van der Waals surface area contributed by atoms with Gasteiger partial charge in [-0.05, 0) is 37.6 Å². The third kappa shape index (κ3) is 4.68. The van der Waals surface area contributed by atoms with E-state index in [0.29, 0.717) is 32.0 Å². The van der Waals surface area contributed by atoms with Crippen LogP contribution in [0.3, 0.4) is 0 Å². The molecule has 0 saturated carbocycles. The molecule has 1 aromatic carbocycles. The monoisotopic (exact) mass is 341 g/mol. The third-order valence-corrected chi connectivity index (χ3v) is 4.15. The zero-order valence-electron chi connectivity index (χ0n) is 14.6. The Labute approximate surface area is 147 Å². The summed E-state index contributed by atoms with van der Waals surface area (Å²) in [7, 11) is 0. The zero-order valence-corrected chi connectivity index (χ0v) is 14.6. The van der Waals surface area contributed by atoms with Gasteiger partial charge in [0, 0.05) is 19.0 Å². The number of aromatic nitrogens is 2. The Balaban J connectivity index is 1.50. The SMILES string of the molecule is CCOc1ccc(CC(=O)N2CCC(Oc3ccc(C)nn3)C2)cc1. The van der Waals surface area contributed by atoms with Crippen LogP contribution in [0, 0.1) is 6.92 Å². The molecule has 1 unspecified atom stereocenters. The van der Waals surface area contributed by atoms with Crippen LogP contribution < -0.4 is 9.47 Å². The van der Waals surface area contributed by atoms with Crippen molar-refractivity contribution in [2.24, 2.45) is 0 Å². The molecule has 6 heteroatoms. The molecule has 1 aromatic heterocycles. The fourth-order valence-corrected chi connectivity index (χ4v) is 2.83. The van der Waals surface area contributed by atoms with Crippen LogP contribution in [0.25, 0.3) is 0 Å². The molecule has 0 radical (unpaired) electrons. The normalized spacial score (nSPS) is 16.7. The van der Waals surface area contributed by atoms with Crippen molar-refractivity contribution in [3.8, 4) is 11.6 Å². The number of benzene rings is 1. The Hall–Kier alpha value is -2.63. The molecular weight excluding hydrogens is 318 g/mol. The summed E-state index contributed by atoms with van der Waals surface area (Å²) >= 11 is 0. The predicted octanol–water partition coefficient (Wildman–Crippen LogP) is 2.41. The van der Waals surface area contributed by atoms with Gasteiger partial charge in [-0.15, -0.1) is 5.10 Å². The van der Waals surface area contributed by atoms with Gasteiger partial charge in [0.25, 0.3) is 0 Å². The van der Waals surface area contributed by atoms with Crippen LogP contribution in [0.15, 0.2) is 36.4 Å². The number of amides is 1. The summed E-state index contributed by atoms with van der Waals surface area (Å²) in [6.45, 7) is 5.77.